The Morgan fingerprint density at radius 3 is 2.39 bits per heavy atom. The second-order valence-corrected chi connectivity index (χ2v) is 6.64. The normalized spacial score (nSPS) is 10.8. The monoisotopic (exact) mass is 404 g/mol. The Labute approximate surface area is 170 Å². The SMILES string of the molecule is COc1cc(/C=N/NC(C)=O)cc(Cl)c1OCCCOc1c(C)cccc1C. The number of benzene rings is 2. The van der Waals surface area contributed by atoms with Gasteiger partial charge in [-0.3, -0.25) is 4.79 Å². The van der Waals surface area contributed by atoms with E-state index >= 15 is 0 Å². The van der Waals surface area contributed by atoms with E-state index < -0.39 is 0 Å². The van der Waals surface area contributed by atoms with Crippen LogP contribution in [0.4, 0.5) is 0 Å². The van der Waals surface area contributed by atoms with Crippen LogP contribution in [0.5, 0.6) is 17.2 Å². The number of nitrogens with zero attached hydrogens (tertiary/aromatic N) is 1. The summed E-state index contributed by atoms with van der Waals surface area (Å²) >= 11 is 6.32. The van der Waals surface area contributed by atoms with E-state index in [1.807, 2.05) is 32.0 Å². The minimum absolute atomic E-state index is 0.252. The fraction of sp³-hybridized carbons (Fsp3) is 0.333. The molecule has 0 saturated carbocycles. The topological polar surface area (TPSA) is 69.2 Å². The molecule has 0 aromatic heterocycles. The lowest BCUT2D eigenvalue weighted by molar-refractivity contribution is -0.118. The fourth-order valence-electron chi connectivity index (χ4n) is 2.59. The number of hydrogen-bond acceptors (Lipinski definition) is 5. The zero-order valence-corrected chi connectivity index (χ0v) is 17.3. The quantitative estimate of drug-likeness (QED) is 0.384. The van der Waals surface area contributed by atoms with Crippen LogP contribution in [-0.2, 0) is 4.79 Å². The van der Waals surface area contributed by atoms with E-state index in [1.54, 1.807) is 12.1 Å². The summed E-state index contributed by atoms with van der Waals surface area (Å²) in [6.45, 7) is 6.40. The molecular formula is C21H25ClN2O4. The van der Waals surface area contributed by atoms with Gasteiger partial charge >= 0.3 is 0 Å². The number of amides is 1. The molecule has 2 aromatic carbocycles. The van der Waals surface area contributed by atoms with Crippen LogP contribution in [0, 0.1) is 13.8 Å². The van der Waals surface area contributed by atoms with Crippen molar-refractivity contribution in [2.75, 3.05) is 20.3 Å². The third kappa shape index (κ3) is 6.16. The Kier molecular flexibility index (Phi) is 8.14. The molecule has 0 radical (unpaired) electrons. The number of carbonyl (C=O) groups excluding carboxylic acids is 1. The van der Waals surface area contributed by atoms with Crippen LogP contribution in [0.1, 0.15) is 30.0 Å². The van der Waals surface area contributed by atoms with Crippen LogP contribution in [0.3, 0.4) is 0 Å². The second-order valence-electron chi connectivity index (χ2n) is 6.23. The molecule has 0 atom stereocenters. The molecule has 0 saturated heterocycles. The first-order valence-corrected chi connectivity index (χ1v) is 9.29. The average molecular weight is 405 g/mol. The van der Waals surface area contributed by atoms with Crippen LogP contribution >= 0.6 is 11.6 Å². The Balaban J connectivity index is 1.92. The summed E-state index contributed by atoms with van der Waals surface area (Å²) in [5.74, 6) is 1.62. The van der Waals surface area contributed by atoms with Crippen LogP contribution in [0.2, 0.25) is 5.02 Å². The summed E-state index contributed by atoms with van der Waals surface area (Å²) in [6, 6.07) is 9.50. The molecule has 7 heteroatoms. The van der Waals surface area contributed by atoms with E-state index in [0.29, 0.717) is 41.7 Å². The van der Waals surface area contributed by atoms with E-state index in [1.165, 1.54) is 20.2 Å². The van der Waals surface area contributed by atoms with Gasteiger partial charge in [0.25, 0.3) is 0 Å². The average Bonchev–Trinajstić information content (AvgIpc) is 2.64. The lowest BCUT2D eigenvalue weighted by Gasteiger charge is -2.14. The molecular weight excluding hydrogens is 380 g/mol. The molecule has 28 heavy (non-hydrogen) atoms. The zero-order valence-electron chi connectivity index (χ0n) is 16.5. The maximum atomic E-state index is 10.9. The predicted octanol–water partition coefficient (Wildman–Crippen LogP) is 4.28. The molecule has 2 rings (SSSR count). The van der Waals surface area contributed by atoms with Crippen LogP contribution in [0.15, 0.2) is 35.4 Å². The first kappa shape index (κ1) is 21.6. The number of carbonyl (C=O) groups is 1. The van der Waals surface area contributed by atoms with Gasteiger partial charge in [0.05, 0.1) is 31.6 Å². The summed E-state index contributed by atoms with van der Waals surface area (Å²) in [6.07, 6.45) is 2.18. The molecule has 0 unspecified atom stereocenters. The van der Waals surface area contributed by atoms with Crippen molar-refractivity contribution in [3.8, 4) is 17.2 Å². The van der Waals surface area contributed by atoms with Crippen LogP contribution in [-0.4, -0.2) is 32.4 Å². The van der Waals surface area contributed by atoms with E-state index in [9.17, 15) is 4.79 Å². The first-order valence-electron chi connectivity index (χ1n) is 8.91. The van der Waals surface area contributed by atoms with Crippen molar-refractivity contribution in [1.82, 2.24) is 5.43 Å². The number of halogens is 1. The molecule has 0 aliphatic rings. The molecule has 0 spiro atoms. The number of hydrazone groups is 1. The summed E-state index contributed by atoms with van der Waals surface area (Å²) in [7, 11) is 1.54. The third-order valence-electron chi connectivity index (χ3n) is 3.88. The first-order chi connectivity index (χ1) is 13.4. The highest BCUT2D eigenvalue weighted by Gasteiger charge is 2.12. The van der Waals surface area contributed by atoms with Crippen LogP contribution < -0.4 is 19.6 Å². The van der Waals surface area contributed by atoms with Crippen molar-refractivity contribution >= 4 is 23.7 Å². The Morgan fingerprint density at radius 2 is 1.79 bits per heavy atom. The van der Waals surface area contributed by atoms with Crippen molar-refractivity contribution in [2.45, 2.75) is 27.2 Å². The molecule has 0 aliphatic carbocycles. The van der Waals surface area contributed by atoms with Gasteiger partial charge in [-0.2, -0.15) is 5.10 Å². The predicted molar refractivity (Wildman–Crippen MR) is 111 cm³/mol. The van der Waals surface area contributed by atoms with Crippen molar-refractivity contribution in [1.29, 1.82) is 0 Å². The Hall–Kier alpha value is -2.73. The van der Waals surface area contributed by atoms with Gasteiger partial charge in [0.2, 0.25) is 5.91 Å². The van der Waals surface area contributed by atoms with Crippen molar-refractivity contribution < 1.29 is 19.0 Å². The highest BCUT2D eigenvalue weighted by atomic mass is 35.5. The third-order valence-corrected chi connectivity index (χ3v) is 4.16. The van der Waals surface area contributed by atoms with Crippen molar-refractivity contribution in [2.24, 2.45) is 5.10 Å². The van der Waals surface area contributed by atoms with Gasteiger partial charge in [0, 0.05) is 13.3 Å². The highest BCUT2D eigenvalue weighted by Crippen LogP contribution is 2.36. The molecule has 0 heterocycles. The van der Waals surface area contributed by atoms with Gasteiger partial charge in [0.1, 0.15) is 5.75 Å². The zero-order chi connectivity index (χ0) is 20.5. The minimum atomic E-state index is -0.252. The molecule has 6 nitrogen and oxygen atoms in total. The second kappa shape index (κ2) is 10.6. The van der Waals surface area contributed by atoms with E-state index in [-0.39, 0.29) is 5.91 Å². The number of hydrogen-bond donors (Lipinski definition) is 1. The molecule has 2 aromatic rings. The number of nitrogens with one attached hydrogen (secondary N) is 1. The van der Waals surface area contributed by atoms with Crippen molar-refractivity contribution in [3.63, 3.8) is 0 Å². The maximum absolute atomic E-state index is 10.9. The molecule has 1 amide bonds. The molecule has 150 valence electrons. The lowest BCUT2D eigenvalue weighted by atomic mass is 10.1. The molecule has 1 N–H and O–H groups in total. The number of aryl methyl sites for hydroxylation is 2. The molecule has 0 fully saturated rings. The molecule has 0 aliphatic heterocycles. The standard InChI is InChI=1S/C21H25ClN2O4/c1-14-7-5-8-15(2)20(14)27-9-6-10-28-21-18(22)11-17(12-19(21)26-4)13-23-24-16(3)25/h5,7-8,11-13H,6,9-10H2,1-4H3,(H,24,25)/b23-13+. The van der Waals surface area contributed by atoms with Gasteiger partial charge < -0.3 is 14.2 Å². The minimum Gasteiger partial charge on any atom is -0.493 e. The van der Waals surface area contributed by atoms with E-state index in [4.69, 9.17) is 25.8 Å². The van der Waals surface area contributed by atoms with Crippen molar-refractivity contribution in [3.05, 3.63) is 52.0 Å². The largest absolute Gasteiger partial charge is 0.493 e. The maximum Gasteiger partial charge on any atom is 0.236 e. The summed E-state index contributed by atoms with van der Waals surface area (Å²) in [5, 5.41) is 4.22. The number of rotatable bonds is 9. The Morgan fingerprint density at radius 1 is 1.14 bits per heavy atom. The summed E-state index contributed by atoms with van der Waals surface area (Å²) in [4.78, 5) is 10.9. The molecule has 0 bridgehead atoms. The lowest BCUT2D eigenvalue weighted by Crippen LogP contribution is -2.12. The van der Waals surface area contributed by atoms with Gasteiger partial charge in [-0.25, -0.2) is 5.43 Å². The highest BCUT2D eigenvalue weighted by molar-refractivity contribution is 6.32. The number of methoxy groups -OCH3 is 1. The van der Waals surface area contributed by atoms with Gasteiger partial charge in [-0.1, -0.05) is 29.8 Å². The number of ether oxygens (including phenoxy) is 3. The van der Waals surface area contributed by atoms with E-state index in [2.05, 4.69) is 10.5 Å². The summed E-state index contributed by atoms with van der Waals surface area (Å²) in [5.41, 5.74) is 5.24. The number of para-hydroxylation sites is 1. The smallest absolute Gasteiger partial charge is 0.236 e. The van der Waals surface area contributed by atoms with E-state index in [0.717, 1.165) is 16.9 Å². The fourth-order valence-corrected chi connectivity index (χ4v) is 2.86. The van der Waals surface area contributed by atoms with Gasteiger partial charge in [-0.05, 0) is 42.7 Å². The van der Waals surface area contributed by atoms with Gasteiger partial charge in [-0.15, -0.1) is 0 Å². The Bertz CT molecular complexity index is 832. The van der Waals surface area contributed by atoms with Crippen LogP contribution in [0.25, 0.3) is 0 Å². The van der Waals surface area contributed by atoms with Gasteiger partial charge in [0.15, 0.2) is 11.5 Å². The summed E-state index contributed by atoms with van der Waals surface area (Å²) < 4.78 is 17.0.